The third-order valence-corrected chi connectivity index (χ3v) is 3.82. The van der Waals surface area contributed by atoms with Gasteiger partial charge in [-0.3, -0.25) is 0 Å². The second-order valence-corrected chi connectivity index (χ2v) is 6.18. The summed E-state index contributed by atoms with van der Waals surface area (Å²) in [5.41, 5.74) is 4.80. The van der Waals surface area contributed by atoms with Crippen LogP contribution in [0.25, 0.3) is 0 Å². The number of hydrogen-bond acceptors (Lipinski definition) is 3. The minimum absolute atomic E-state index is 0.0482. The van der Waals surface area contributed by atoms with Gasteiger partial charge in [-0.25, -0.2) is 17.2 Å². The number of nitrogens with two attached hydrogens (primary N) is 1. The highest BCUT2D eigenvalue weighted by molar-refractivity contribution is 7.90. The number of benzene rings is 1. The van der Waals surface area contributed by atoms with Crippen molar-refractivity contribution in [3.05, 3.63) is 29.3 Å². The molecule has 0 aliphatic heterocycles. The zero-order chi connectivity index (χ0) is 12.1. The lowest BCUT2D eigenvalue weighted by Gasteiger charge is -2.13. The van der Waals surface area contributed by atoms with Crippen LogP contribution in [0.3, 0.4) is 0 Å². The molecular formula is C10H11F2NO2S. The first-order chi connectivity index (χ1) is 7.24. The van der Waals surface area contributed by atoms with Crippen LogP contribution in [-0.4, -0.2) is 14.7 Å². The van der Waals surface area contributed by atoms with Gasteiger partial charge in [0.15, 0.2) is 9.84 Å². The molecule has 2 N–H and O–H groups in total. The zero-order valence-corrected chi connectivity index (χ0v) is 9.44. The number of halogens is 2. The maximum absolute atomic E-state index is 13.9. The van der Waals surface area contributed by atoms with Crippen molar-refractivity contribution in [1.82, 2.24) is 0 Å². The Kier molecular flexibility index (Phi) is 2.32. The third-order valence-electron chi connectivity index (χ3n) is 2.73. The standard InChI is InChI=1S/C10H11F2NO2S/c1-16(14,15)8-5-6(11)4-7(9(8)12)10(13)2-3-10/h4-5H,2-3,13H2,1H3. The van der Waals surface area contributed by atoms with Gasteiger partial charge in [-0.05, 0) is 25.0 Å². The van der Waals surface area contributed by atoms with Gasteiger partial charge < -0.3 is 5.73 Å². The Morgan fingerprint density at radius 3 is 2.31 bits per heavy atom. The normalized spacial score (nSPS) is 18.5. The highest BCUT2D eigenvalue weighted by Crippen LogP contribution is 2.44. The summed E-state index contributed by atoms with van der Waals surface area (Å²) >= 11 is 0. The zero-order valence-electron chi connectivity index (χ0n) is 8.63. The minimum Gasteiger partial charge on any atom is -0.321 e. The van der Waals surface area contributed by atoms with E-state index in [-0.39, 0.29) is 5.56 Å². The van der Waals surface area contributed by atoms with Crippen LogP contribution in [0.1, 0.15) is 18.4 Å². The second-order valence-electron chi connectivity index (χ2n) is 4.19. The molecule has 1 fully saturated rings. The molecule has 6 heteroatoms. The average molecular weight is 247 g/mol. The summed E-state index contributed by atoms with van der Waals surface area (Å²) in [6, 6.07) is 1.65. The van der Waals surface area contributed by atoms with Crippen LogP contribution in [0.2, 0.25) is 0 Å². The van der Waals surface area contributed by atoms with Crippen molar-refractivity contribution in [3.8, 4) is 0 Å². The van der Waals surface area contributed by atoms with Gasteiger partial charge in [-0.15, -0.1) is 0 Å². The number of sulfone groups is 1. The summed E-state index contributed by atoms with van der Waals surface area (Å²) in [4.78, 5) is -0.626. The molecule has 1 aromatic rings. The van der Waals surface area contributed by atoms with E-state index in [1.54, 1.807) is 0 Å². The van der Waals surface area contributed by atoms with Crippen molar-refractivity contribution in [2.75, 3.05) is 6.26 Å². The Labute approximate surface area is 92.2 Å². The molecule has 1 aromatic carbocycles. The maximum atomic E-state index is 13.9. The van der Waals surface area contributed by atoms with Crippen LogP contribution >= 0.6 is 0 Å². The fourth-order valence-corrected chi connectivity index (χ4v) is 2.36. The van der Waals surface area contributed by atoms with Crippen LogP contribution in [0.15, 0.2) is 17.0 Å². The molecular weight excluding hydrogens is 236 g/mol. The van der Waals surface area contributed by atoms with Crippen LogP contribution < -0.4 is 5.73 Å². The van der Waals surface area contributed by atoms with Gasteiger partial charge in [0.2, 0.25) is 0 Å². The molecule has 0 amide bonds. The molecule has 16 heavy (non-hydrogen) atoms. The van der Waals surface area contributed by atoms with Gasteiger partial charge in [0, 0.05) is 17.4 Å². The molecule has 0 atom stereocenters. The predicted octanol–water partition coefficient (Wildman–Crippen LogP) is 1.32. The van der Waals surface area contributed by atoms with E-state index >= 15 is 0 Å². The Hall–Kier alpha value is -1.01. The van der Waals surface area contributed by atoms with Gasteiger partial charge in [0.25, 0.3) is 0 Å². The summed E-state index contributed by atoms with van der Waals surface area (Å²) in [5, 5.41) is 0. The third kappa shape index (κ3) is 1.82. The maximum Gasteiger partial charge on any atom is 0.178 e. The van der Waals surface area contributed by atoms with Gasteiger partial charge in [0.05, 0.1) is 0 Å². The second kappa shape index (κ2) is 3.24. The fraction of sp³-hybridized carbons (Fsp3) is 0.400. The summed E-state index contributed by atoms with van der Waals surface area (Å²) in [6.07, 6.45) is 1.91. The van der Waals surface area contributed by atoms with Crippen molar-refractivity contribution in [2.45, 2.75) is 23.3 Å². The molecule has 3 nitrogen and oxygen atoms in total. The first-order valence-corrected chi connectivity index (χ1v) is 6.62. The number of rotatable bonds is 2. The SMILES string of the molecule is CS(=O)(=O)c1cc(F)cc(C2(N)CC2)c1F. The van der Waals surface area contributed by atoms with E-state index in [2.05, 4.69) is 0 Å². The molecule has 0 saturated heterocycles. The Bertz CT molecular complexity index is 550. The first-order valence-electron chi connectivity index (χ1n) is 4.72. The van der Waals surface area contributed by atoms with Crippen molar-refractivity contribution >= 4 is 9.84 Å². The quantitative estimate of drug-likeness (QED) is 0.857. The van der Waals surface area contributed by atoms with Crippen LogP contribution in [-0.2, 0) is 15.4 Å². The highest BCUT2D eigenvalue weighted by Gasteiger charge is 2.43. The van der Waals surface area contributed by atoms with Crippen LogP contribution in [0.4, 0.5) is 8.78 Å². The molecule has 0 radical (unpaired) electrons. The van der Waals surface area contributed by atoms with Gasteiger partial charge in [0.1, 0.15) is 16.5 Å². The first kappa shape index (κ1) is 11.5. The minimum atomic E-state index is -3.78. The Morgan fingerprint density at radius 2 is 1.88 bits per heavy atom. The van der Waals surface area contributed by atoms with Crippen LogP contribution in [0, 0.1) is 11.6 Å². The van der Waals surface area contributed by atoms with Crippen LogP contribution in [0.5, 0.6) is 0 Å². The fourth-order valence-electron chi connectivity index (χ4n) is 1.60. The largest absolute Gasteiger partial charge is 0.321 e. The van der Waals surface area contributed by atoms with Crippen molar-refractivity contribution in [3.63, 3.8) is 0 Å². The topological polar surface area (TPSA) is 60.2 Å². The lowest BCUT2D eigenvalue weighted by molar-refractivity contribution is 0.525. The lowest BCUT2D eigenvalue weighted by Crippen LogP contribution is -2.22. The smallest absolute Gasteiger partial charge is 0.178 e. The van der Waals surface area contributed by atoms with E-state index < -0.39 is 31.9 Å². The molecule has 1 saturated carbocycles. The molecule has 0 spiro atoms. The molecule has 0 aromatic heterocycles. The highest BCUT2D eigenvalue weighted by atomic mass is 32.2. The summed E-state index contributed by atoms with van der Waals surface area (Å²) < 4.78 is 49.6. The van der Waals surface area contributed by atoms with Crippen molar-refractivity contribution < 1.29 is 17.2 Å². The summed E-state index contributed by atoms with van der Waals surface area (Å²) in [6.45, 7) is 0. The molecule has 1 aliphatic carbocycles. The van der Waals surface area contributed by atoms with Gasteiger partial charge >= 0.3 is 0 Å². The predicted molar refractivity (Wildman–Crippen MR) is 54.6 cm³/mol. The van der Waals surface area contributed by atoms with E-state index in [1.807, 2.05) is 0 Å². The van der Waals surface area contributed by atoms with Gasteiger partial charge in [-0.2, -0.15) is 0 Å². The molecule has 0 bridgehead atoms. The average Bonchev–Trinajstić information content (AvgIpc) is 2.86. The monoisotopic (exact) mass is 247 g/mol. The summed E-state index contributed by atoms with van der Waals surface area (Å²) in [5.74, 6) is -1.71. The van der Waals surface area contributed by atoms with E-state index in [0.29, 0.717) is 18.9 Å². The van der Waals surface area contributed by atoms with Crippen molar-refractivity contribution in [2.24, 2.45) is 5.73 Å². The molecule has 88 valence electrons. The van der Waals surface area contributed by atoms with E-state index in [9.17, 15) is 17.2 Å². The number of hydrogen-bond donors (Lipinski definition) is 1. The Balaban J connectivity index is 2.70. The molecule has 1 aliphatic rings. The van der Waals surface area contributed by atoms with E-state index in [1.165, 1.54) is 0 Å². The molecule has 0 unspecified atom stereocenters. The van der Waals surface area contributed by atoms with Gasteiger partial charge in [-0.1, -0.05) is 0 Å². The molecule has 0 heterocycles. The van der Waals surface area contributed by atoms with E-state index in [4.69, 9.17) is 5.73 Å². The Morgan fingerprint density at radius 1 is 1.31 bits per heavy atom. The summed E-state index contributed by atoms with van der Waals surface area (Å²) in [7, 11) is -3.78. The van der Waals surface area contributed by atoms with Crippen molar-refractivity contribution in [1.29, 1.82) is 0 Å². The lowest BCUT2D eigenvalue weighted by atomic mass is 10.1. The van der Waals surface area contributed by atoms with E-state index in [0.717, 1.165) is 12.3 Å². The molecule has 2 rings (SSSR count).